The topological polar surface area (TPSA) is 29.1 Å². The van der Waals surface area contributed by atoms with E-state index in [2.05, 4.69) is 21.2 Å². The molecule has 1 aliphatic rings. The second kappa shape index (κ2) is 3.42. The van der Waals surface area contributed by atoms with Crippen molar-refractivity contribution in [2.24, 2.45) is 0 Å². The number of nitrogens with one attached hydrogen (secondary N) is 1. The summed E-state index contributed by atoms with van der Waals surface area (Å²) < 4.78 is 1.02. The molecule has 2 rings (SSSR count). The fourth-order valence-corrected chi connectivity index (χ4v) is 2.85. The Balaban J connectivity index is 2.13. The molecule has 0 radical (unpaired) electrons. The molecular weight excluding hydrogens is 250 g/mol. The Kier molecular flexibility index (Phi) is 2.43. The van der Waals surface area contributed by atoms with Crippen molar-refractivity contribution in [2.75, 3.05) is 0 Å². The first-order chi connectivity index (χ1) is 6.16. The second-order valence-electron chi connectivity index (χ2n) is 3.27. The predicted molar refractivity (Wildman–Crippen MR) is 57.2 cm³/mol. The van der Waals surface area contributed by atoms with E-state index in [4.69, 9.17) is 0 Å². The number of amides is 1. The molecule has 1 amide bonds. The monoisotopic (exact) mass is 259 g/mol. The minimum absolute atomic E-state index is 0.0713. The van der Waals surface area contributed by atoms with Crippen LogP contribution in [-0.4, -0.2) is 11.9 Å². The second-order valence-corrected chi connectivity index (χ2v) is 5.90. The van der Waals surface area contributed by atoms with Gasteiger partial charge in [-0.25, -0.2) is 0 Å². The Bertz CT molecular complexity index is 343. The number of hydrogen-bond acceptors (Lipinski definition) is 2. The van der Waals surface area contributed by atoms with Gasteiger partial charge in [-0.3, -0.25) is 4.79 Å². The molecule has 0 spiro atoms. The summed E-state index contributed by atoms with van der Waals surface area (Å²) in [6, 6.07) is 2.32. The summed E-state index contributed by atoms with van der Waals surface area (Å²) in [6.07, 6.45) is 2.27. The molecule has 70 valence electrons. The van der Waals surface area contributed by atoms with Crippen LogP contribution < -0.4 is 5.32 Å². The average Bonchev–Trinajstić information content (AvgIpc) is 2.77. The molecule has 0 aromatic carbocycles. The van der Waals surface area contributed by atoms with E-state index in [0.717, 1.165) is 27.1 Å². The molecule has 0 aliphatic heterocycles. The maximum absolute atomic E-state index is 11.6. The van der Waals surface area contributed by atoms with E-state index >= 15 is 0 Å². The van der Waals surface area contributed by atoms with Crippen LogP contribution >= 0.6 is 27.3 Å². The molecule has 1 aromatic heterocycles. The van der Waals surface area contributed by atoms with Gasteiger partial charge in [0.15, 0.2) is 0 Å². The summed E-state index contributed by atoms with van der Waals surface area (Å²) in [5.41, 5.74) is 0.809. The van der Waals surface area contributed by atoms with Gasteiger partial charge in [-0.05, 0) is 41.8 Å². The van der Waals surface area contributed by atoms with Gasteiger partial charge in [-0.15, -0.1) is 11.3 Å². The molecule has 1 heterocycles. The zero-order chi connectivity index (χ0) is 9.42. The Morgan fingerprint density at radius 1 is 1.69 bits per heavy atom. The first-order valence-corrected chi connectivity index (χ1v) is 5.84. The third kappa shape index (κ3) is 2.11. The van der Waals surface area contributed by atoms with E-state index in [0.29, 0.717) is 6.04 Å². The molecule has 1 aromatic rings. The summed E-state index contributed by atoms with van der Waals surface area (Å²) in [7, 11) is 0. The van der Waals surface area contributed by atoms with Gasteiger partial charge in [-0.2, -0.15) is 0 Å². The predicted octanol–water partition coefficient (Wildman–Crippen LogP) is 2.71. The molecule has 4 heteroatoms. The lowest BCUT2D eigenvalue weighted by Crippen LogP contribution is -2.25. The molecule has 1 N–H and O–H groups in total. The third-order valence-corrected chi connectivity index (χ3v) is 3.60. The third-order valence-electron chi connectivity index (χ3n) is 2.04. The first-order valence-electron chi connectivity index (χ1n) is 4.23. The van der Waals surface area contributed by atoms with Crippen LogP contribution in [0.4, 0.5) is 0 Å². The Morgan fingerprint density at radius 2 is 2.38 bits per heavy atom. The molecular formula is C9H10BrNOS. The number of hydrogen-bond donors (Lipinski definition) is 1. The lowest BCUT2D eigenvalue weighted by Gasteiger charge is -2.00. The van der Waals surface area contributed by atoms with Crippen molar-refractivity contribution in [3.8, 4) is 0 Å². The highest BCUT2D eigenvalue weighted by Gasteiger charge is 2.24. The molecule has 0 unspecified atom stereocenters. The molecule has 1 saturated carbocycles. The molecule has 0 bridgehead atoms. The van der Waals surface area contributed by atoms with Crippen molar-refractivity contribution in [3.63, 3.8) is 0 Å². The van der Waals surface area contributed by atoms with Gasteiger partial charge in [0.25, 0.3) is 5.91 Å². The average molecular weight is 260 g/mol. The number of halogens is 1. The number of carbonyl (C=O) groups is 1. The number of aryl methyl sites for hydroxylation is 1. The fraction of sp³-hybridized carbons (Fsp3) is 0.444. The molecule has 1 aliphatic carbocycles. The molecule has 13 heavy (non-hydrogen) atoms. The van der Waals surface area contributed by atoms with Crippen molar-refractivity contribution < 1.29 is 4.79 Å². The Morgan fingerprint density at radius 3 is 2.85 bits per heavy atom. The van der Waals surface area contributed by atoms with E-state index in [1.165, 1.54) is 0 Å². The summed E-state index contributed by atoms with van der Waals surface area (Å²) in [5.74, 6) is 0.0713. The Labute approximate surface area is 89.5 Å². The van der Waals surface area contributed by atoms with E-state index in [1.54, 1.807) is 11.3 Å². The van der Waals surface area contributed by atoms with Crippen LogP contribution in [0.1, 0.15) is 28.1 Å². The maximum atomic E-state index is 11.6. The Hall–Kier alpha value is -0.350. The number of rotatable bonds is 2. The zero-order valence-corrected chi connectivity index (χ0v) is 9.67. The van der Waals surface area contributed by atoms with Crippen LogP contribution in [0.3, 0.4) is 0 Å². The smallest absolute Gasteiger partial charge is 0.252 e. The van der Waals surface area contributed by atoms with Gasteiger partial charge in [0.1, 0.15) is 0 Å². The van der Waals surface area contributed by atoms with Crippen LogP contribution in [0, 0.1) is 6.92 Å². The normalized spacial score (nSPS) is 15.8. The zero-order valence-electron chi connectivity index (χ0n) is 7.26. The summed E-state index contributed by atoms with van der Waals surface area (Å²) in [6.45, 7) is 1.97. The van der Waals surface area contributed by atoms with Crippen LogP contribution in [-0.2, 0) is 0 Å². The standard InChI is InChI=1S/C9H10BrNOS/c1-5-7(4-8(10)13-5)9(12)11-6-2-3-6/h4,6H,2-3H2,1H3,(H,11,12). The van der Waals surface area contributed by atoms with Crippen molar-refractivity contribution >= 4 is 33.2 Å². The number of thiophene rings is 1. The van der Waals surface area contributed by atoms with E-state index in [-0.39, 0.29) is 5.91 Å². The molecule has 0 atom stereocenters. The lowest BCUT2D eigenvalue weighted by atomic mass is 10.2. The van der Waals surface area contributed by atoms with Gasteiger partial charge in [-0.1, -0.05) is 0 Å². The fourth-order valence-electron chi connectivity index (χ4n) is 1.16. The first kappa shape index (κ1) is 9.21. The largest absolute Gasteiger partial charge is 0.349 e. The van der Waals surface area contributed by atoms with Gasteiger partial charge in [0.2, 0.25) is 0 Å². The van der Waals surface area contributed by atoms with Gasteiger partial charge < -0.3 is 5.32 Å². The SMILES string of the molecule is Cc1sc(Br)cc1C(=O)NC1CC1. The van der Waals surface area contributed by atoms with Crippen LogP contribution in [0.5, 0.6) is 0 Å². The van der Waals surface area contributed by atoms with E-state index < -0.39 is 0 Å². The highest BCUT2D eigenvalue weighted by Crippen LogP contribution is 2.27. The summed E-state index contributed by atoms with van der Waals surface area (Å²) in [4.78, 5) is 12.7. The lowest BCUT2D eigenvalue weighted by molar-refractivity contribution is 0.0951. The minimum Gasteiger partial charge on any atom is -0.349 e. The van der Waals surface area contributed by atoms with Gasteiger partial charge >= 0.3 is 0 Å². The highest BCUT2D eigenvalue weighted by atomic mass is 79.9. The highest BCUT2D eigenvalue weighted by molar-refractivity contribution is 9.11. The molecule has 2 nitrogen and oxygen atoms in total. The quantitative estimate of drug-likeness (QED) is 0.870. The molecule has 1 fully saturated rings. The molecule has 0 saturated heterocycles. The van der Waals surface area contributed by atoms with Crippen molar-refractivity contribution in [3.05, 3.63) is 20.3 Å². The van der Waals surface area contributed by atoms with Gasteiger partial charge in [0.05, 0.1) is 9.35 Å². The summed E-state index contributed by atoms with van der Waals surface area (Å²) in [5, 5.41) is 2.97. The van der Waals surface area contributed by atoms with Crippen LogP contribution in [0.25, 0.3) is 0 Å². The van der Waals surface area contributed by atoms with E-state index in [9.17, 15) is 4.79 Å². The van der Waals surface area contributed by atoms with Crippen LogP contribution in [0.2, 0.25) is 0 Å². The maximum Gasteiger partial charge on any atom is 0.252 e. The van der Waals surface area contributed by atoms with Crippen molar-refractivity contribution in [1.29, 1.82) is 0 Å². The summed E-state index contributed by atoms with van der Waals surface area (Å²) >= 11 is 4.97. The van der Waals surface area contributed by atoms with Crippen molar-refractivity contribution in [2.45, 2.75) is 25.8 Å². The van der Waals surface area contributed by atoms with Crippen LogP contribution in [0.15, 0.2) is 9.85 Å². The number of carbonyl (C=O) groups excluding carboxylic acids is 1. The minimum atomic E-state index is 0.0713. The van der Waals surface area contributed by atoms with E-state index in [1.807, 2.05) is 13.0 Å². The van der Waals surface area contributed by atoms with Crippen molar-refractivity contribution in [1.82, 2.24) is 5.32 Å². The van der Waals surface area contributed by atoms with Gasteiger partial charge in [0, 0.05) is 10.9 Å².